The molecule has 192 valence electrons. The van der Waals surface area contributed by atoms with Crippen molar-refractivity contribution in [1.82, 2.24) is 0 Å². The minimum absolute atomic E-state index is 0.0199. The van der Waals surface area contributed by atoms with Gasteiger partial charge in [-0.1, -0.05) is 19.9 Å². The predicted octanol–water partition coefficient (Wildman–Crippen LogP) is 3.55. The van der Waals surface area contributed by atoms with Crippen molar-refractivity contribution in [2.24, 2.45) is 5.92 Å². The lowest BCUT2D eigenvalue weighted by molar-refractivity contribution is -0.139. The standard InChI is InChI=1S/C25H29N3O8/c1-4-16(5-2)25(35)28-19-11-17(26-14(3)29)18(12-22(19)36-13-24(33)34)27-23(32)9-7-15-6-8-20(30)21(31)10-15/h6-12,16,30-31H,4-5,13H2,1-3H3,(H,26,29)(H,27,32)(H,28,35)(H,33,34)/b9-7+. The molecule has 36 heavy (non-hydrogen) atoms. The van der Waals surface area contributed by atoms with E-state index < -0.39 is 24.4 Å². The number of aliphatic carboxylic acids is 1. The summed E-state index contributed by atoms with van der Waals surface area (Å²) in [5.41, 5.74) is 0.806. The molecule has 0 spiro atoms. The molecule has 0 saturated carbocycles. The van der Waals surface area contributed by atoms with Crippen LogP contribution in [0.2, 0.25) is 0 Å². The van der Waals surface area contributed by atoms with Crippen LogP contribution in [0.3, 0.4) is 0 Å². The zero-order valence-corrected chi connectivity index (χ0v) is 20.1. The van der Waals surface area contributed by atoms with Crippen LogP contribution in [0, 0.1) is 5.92 Å². The molecule has 0 atom stereocenters. The summed E-state index contributed by atoms with van der Waals surface area (Å²) in [6.45, 7) is 4.29. The number of carbonyl (C=O) groups is 4. The number of carboxylic acids is 1. The predicted molar refractivity (Wildman–Crippen MR) is 134 cm³/mol. The van der Waals surface area contributed by atoms with Gasteiger partial charge in [-0.3, -0.25) is 14.4 Å². The molecule has 0 aliphatic rings. The maximum Gasteiger partial charge on any atom is 0.341 e. The van der Waals surface area contributed by atoms with Crippen molar-refractivity contribution in [2.45, 2.75) is 33.6 Å². The minimum Gasteiger partial charge on any atom is -0.504 e. The molecular formula is C25H29N3O8. The summed E-state index contributed by atoms with van der Waals surface area (Å²) in [6, 6.07) is 6.68. The highest BCUT2D eigenvalue weighted by Crippen LogP contribution is 2.36. The zero-order valence-electron chi connectivity index (χ0n) is 20.1. The lowest BCUT2D eigenvalue weighted by Crippen LogP contribution is -2.23. The van der Waals surface area contributed by atoms with Crippen molar-refractivity contribution in [3.05, 3.63) is 42.0 Å². The van der Waals surface area contributed by atoms with Gasteiger partial charge in [0.2, 0.25) is 17.7 Å². The van der Waals surface area contributed by atoms with Crippen molar-refractivity contribution in [3.8, 4) is 17.2 Å². The van der Waals surface area contributed by atoms with Crippen LogP contribution in [0.15, 0.2) is 36.4 Å². The molecule has 3 amide bonds. The van der Waals surface area contributed by atoms with Crippen LogP contribution < -0.4 is 20.7 Å². The van der Waals surface area contributed by atoms with E-state index in [-0.39, 0.29) is 46.1 Å². The Kier molecular flexibility index (Phi) is 9.84. The summed E-state index contributed by atoms with van der Waals surface area (Å²) in [6.07, 6.45) is 3.72. The summed E-state index contributed by atoms with van der Waals surface area (Å²) in [7, 11) is 0. The fraction of sp³-hybridized carbons (Fsp3) is 0.280. The number of carboxylic acid groups (broad SMARTS) is 1. The van der Waals surface area contributed by atoms with Crippen molar-refractivity contribution in [3.63, 3.8) is 0 Å². The Hall–Kier alpha value is -4.54. The highest BCUT2D eigenvalue weighted by Gasteiger charge is 2.20. The Morgan fingerprint density at radius 2 is 1.58 bits per heavy atom. The lowest BCUT2D eigenvalue weighted by atomic mass is 10.0. The Balaban J connectivity index is 2.40. The number of hydrogen-bond acceptors (Lipinski definition) is 7. The van der Waals surface area contributed by atoms with Crippen LogP contribution >= 0.6 is 0 Å². The first-order chi connectivity index (χ1) is 17.0. The Morgan fingerprint density at radius 1 is 0.917 bits per heavy atom. The molecule has 6 N–H and O–H groups in total. The third-order valence-electron chi connectivity index (χ3n) is 5.08. The van der Waals surface area contributed by atoms with E-state index in [4.69, 9.17) is 9.84 Å². The van der Waals surface area contributed by atoms with Gasteiger partial charge in [0.05, 0.1) is 17.1 Å². The van der Waals surface area contributed by atoms with Gasteiger partial charge in [0, 0.05) is 25.0 Å². The van der Waals surface area contributed by atoms with E-state index in [2.05, 4.69) is 16.0 Å². The molecule has 2 rings (SSSR count). The van der Waals surface area contributed by atoms with Gasteiger partial charge in [-0.25, -0.2) is 4.79 Å². The second-order valence-corrected chi connectivity index (χ2v) is 7.83. The number of anilines is 3. The number of hydrogen-bond donors (Lipinski definition) is 6. The van der Waals surface area contributed by atoms with E-state index in [1.54, 1.807) is 0 Å². The van der Waals surface area contributed by atoms with E-state index in [1.807, 2.05) is 13.8 Å². The summed E-state index contributed by atoms with van der Waals surface area (Å²) in [4.78, 5) is 48.0. The first-order valence-electron chi connectivity index (χ1n) is 11.2. The molecule has 0 aliphatic heterocycles. The van der Waals surface area contributed by atoms with Gasteiger partial charge in [0.1, 0.15) is 5.75 Å². The monoisotopic (exact) mass is 499 g/mol. The highest BCUT2D eigenvalue weighted by atomic mass is 16.5. The van der Waals surface area contributed by atoms with E-state index in [1.165, 1.54) is 43.3 Å². The molecule has 11 nitrogen and oxygen atoms in total. The third kappa shape index (κ3) is 8.05. The van der Waals surface area contributed by atoms with Gasteiger partial charge in [-0.2, -0.15) is 0 Å². The van der Waals surface area contributed by atoms with E-state index in [9.17, 15) is 29.4 Å². The smallest absolute Gasteiger partial charge is 0.341 e. The molecular weight excluding hydrogens is 470 g/mol. The first-order valence-corrected chi connectivity index (χ1v) is 11.2. The number of phenols is 2. The van der Waals surface area contributed by atoms with Gasteiger partial charge >= 0.3 is 5.97 Å². The van der Waals surface area contributed by atoms with Crippen LogP contribution in [0.25, 0.3) is 6.08 Å². The van der Waals surface area contributed by atoms with E-state index in [0.717, 1.165) is 6.08 Å². The van der Waals surface area contributed by atoms with Crippen molar-refractivity contribution < 1.29 is 39.2 Å². The second-order valence-electron chi connectivity index (χ2n) is 7.83. The minimum atomic E-state index is -1.25. The largest absolute Gasteiger partial charge is 0.504 e. The van der Waals surface area contributed by atoms with Crippen LogP contribution in [0.1, 0.15) is 39.2 Å². The van der Waals surface area contributed by atoms with Crippen molar-refractivity contribution >= 4 is 46.8 Å². The second kappa shape index (κ2) is 12.8. The number of rotatable bonds is 11. The van der Waals surface area contributed by atoms with Gasteiger partial charge in [-0.15, -0.1) is 0 Å². The number of carbonyl (C=O) groups excluding carboxylic acids is 3. The van der Waals surface area contributed by atoms with Crippen LogP contribution in [-0.2, 0) is 19.2 Å². The SMILES string of the molecule is CCC(CC)C(=O)Nc1cc(NC(C)=O)c(NC(=O)/C=C/c2ccc(O)c(O)c2)cc1OCC(=O)O. The molecule has 0 saturated heterocycles. The summed E-state index contributed by atoms with van der Waals surface area (Å²) in [5, 5.41) is 35.9. The number of amides is 3. The highest BCUT2D eigenvalue weighted by molar-refractivity contribution is 6.07. The zero-order chi connectivity index (χ0) is 26.8. The van der Waals surface area contributed by atoms with Gasteiger partial charge in [0.25, 0.3) is 0 Å². The Morgan fingerprint density at radius 3 is 2.17 bits per heavy atom. The Bertz CT molecular complexity index is 1170. The fourth-order valence-corrected chi connectivity index (χ4v) is 3.22. The average molecular weight is 500 g/mol. The molecule has 11 heteroatoms. The number of phenolic OH excluding ortho intramolecular Hbond substituents is 2. The Labute approximate surface area is 207 Å². The number of benzene rings is 2. The normalized spacial score (nSPS) is 10.8. The van der Waals surface area contributed by atoms with Gasteiger partial charge < -0.3 is 36.0 Å². The maximum absolute atomic E-state index is 12.6. The molecule has 0 aliphatic carbocycles. The summed E-state index contributed by atoms with van der Waals surface area (Å²) in [5.74, 6) is -3.57. The van der Waals surface area contributed by atoms with E-state index >= 15 is 0 Å². The lowest BCUT2D eigenvalue weighted by Gasteiger charge is -2.19. The quantitative estimate of drug-likeness (QED) is 0.201. The van der Waals surface area contributed by atoms with Crippen LogP contribution in [-0.4, -0.2) is 45.6 Å². The number of aromatic hydroxyl groups is 2. The van der Waals surface area contributed by atoms with Gasteiger partial charge in [-0.05, 0) is 42.7 Å². The fourth-order valence-electron chi connectivity index (χ4n) is 3.22. The molecule has 0 aromatic heterocycles. The number of ether oxygens (including phenoxy) is 1. The topological polar surface area (TPSA) is 174 Å². The molecule has 0 radical (unpaired) electrons. The molecule has 0 bridgehead atoms. The maximum atomic E-state index is 12.6. The van der Waals surface area contributed by atoms with Crippen LogP contribution in [0.5, 0.6) is 17.2 Å². The van der Waals surface area contributed by atoms with E-state index in [0.29, 0.717) is 18.4 Å². The molecule has 0 unspecified atom stereocenters. The molecule has 0 fully saturated rings. The number of nitrogens with one attached hydrogen (secondary N) is 3. The molecule has 2 aromatic rings. The van der Waals surface area contributed by atoms with Gasteiger partial charge in [0.15, 0.2) is 18.1 Å². The summed E-state index contributed by atoms with van der Waals surface area (Å²) >= 11 is 0. The first kappa shape index (κ1) is 27.7. The van der Waals surface area contributed by atoms with Crippen LogP contribution in [0.4, 0.5) is 17.1 Å². The average Bonchev–Trinajstić information content (AvgIpc) is 2.80. The van der Waals surface area contributed by atoms with Crippen molar-refractivity contribution in [2.75, 3.05) is 22.6 Å². The third-order valence-corrected chi connectivity index (χ3v) is 5.08. The van der Waals surface area contributed by atoms with Crippen molar-refractivity contribution in [1.29, 1.82) is 0 Å². The molecule has 0 heterocycles. The molecule has 2 aromatic carbocycles. The summed E-state index contributed by atoms with van der Waals surface area (Å²) < 4.78 is 5.33.